The zero-order chi connectivity index (χ0) is 13.3. The normalized spacial score (nSPS) is 18.4. The van der Waals surface area contributed by atoms with Crippen molar-refractivity contribution in [1.82, 2.24) is 0 Å². The smallest absolute Gasteiger partial charge is 0.314 e. The standard InChI is InChI=1S/C13H13BrO4/c1-13(6-11(15)18-12(16)7-13)8-3-4-10(17-2)9(14)5-8/h3-5H,6-7H2,1-2H3. The van der Waals surface area contributed by atoms with Crippen molar-refractivity contribution in [3.8, 4) is 5.75 Å². The van der Waals surface area contributed by atoms with Gasteiger partial charge in [0.1, 0.15) is 5.75 Å². The number of esters is 2. The molecule has 4 nitrogen and oxygen atoms in total. The predicted molar refractivity (Wildman–Crippen MR) is 68.4 cm³/mol. The highest BCUT2D eigenvalue weighted by atomic mass is 79.9. The lowest BCUT2D eigenvalue weighted by molar-refractivity contribution is -0.166. The molecule has 1 aliphatic heterocycles. The van der Waals surface area contributed by atoms with Gasteiger partial charge in [0.25, 0.3) is 0 Å². The van der Waals surface area contributed by atoms with E-state index in [2.05, 4.69) is 20.7 Å². The van der Waals surface area contributed by atoms with Gasteiger partial charge in [0.2, 0.25) is 0 Å². The van der Waals surface area contributed by atoms with Crippen LogP contribution in [0.2, 0.25) is 0 Å². The molecule has 0 bridgehead atoms. The van der Waals surface area contributed by atoms with E-state index in [4.69, 9.17) is 4.74 Å². The SMILES string of the molecule is COc1ccc(C2(C)CC(=O)OC(=O)C2)cc1Br. The van der Waals surface area contributed by atoms with E-state index >= 15 is 0 Å². The van der Waals surface area contributed by atoms with Crippen LogP contribution in [0.15, 0.2) is 22.7 Å². The van der Waals surface area contributed by atoms with E-state index in [1.54, 1.807) is 7.11 Å². The van der Waals surface area contributed by atoms with Crippen LogP contribution in [0.1, 0.15) is 25.3 Å². The summed E-state index contributed by atoms with van der Waals surface area (Å²) in [5.74, 6) is -0.228. The molecule has 2 rings (SSSR count). The molecule has 0 N–H and O–H groups in total. The molecule has 0 atom stereocenters. The summed E-state index contributed by atoms with van der Waals surface area (Å²) in [7, 11) is 1.59. The van der Waals surface area contributed by atoms with Gasteiger partial charge in [-0.1, -0.05) is 13.0 Å². The van der Waals surface area contributed by atoms with Gasteiger partial charge in [-0.15, -0.1) is 0 Å². The number of methoxy groups -OCH3 is 1. The molecule has 1 fully saturated rings. The first-order valence-electron chi connectivity index (χ1n) is 5.52. The minimum Gasteiger partial charge on any atom is -0.496 e. The number of rotatable bonds is 2. The minimum atomic E-state index is -0.513. The highest BCUT2D eigenvalue weighted by Crippen LogP contribution is 2.38. The van der Waals surface area contributed by atoms with Crippen molar-refractivity contribution in [3.63, 3.8) is 0 Å². The fraction of sp³-hybridized carbons (Fsp3) is 0.385. The quantitative estimate of drug-likeness (QED) is 0.622. The highest BCUT2D eigenvalue weighted by Gasteiger charge is 2.39. The summed E-state index contributed by atoms with van der Waals surface area (Å²) in [5.41, 5.74) is 0.404. The monoisotopic (exact) mass is 312 g/mol. The van der Waals surface area contributed by atoms with Crippen LogP contribution in [0.25, 0.3) is 0 Å². The number of hydrogen-bond acceptors (Lipinski definition) is 4. The Kier molecular flexibility index (Phi) is 3.43. The topological polar surface area (TPSA) is 52.6 Å². The van der Waals surface area contributed by atoms with Crippen LogP contribution in [0.4, 0.5) is 0 Å². The Morgan fingerprint density at radius 3 is 2.39 bits per heavy atom. The molecule has 1 heterocycles. The molecule has 96 valence electrons. The molecule has 0 unspecified atom stereocenters. The van der Waals surface area contributed by atoms with Gasteiger partial charge in [-0.25, -0.2) is 0 Å². The second-order valence-electron chi connectivity index (χ2n) is 4.61. The molecule has 0 saturated carbocycles. The molecule has 18 heavy (non-hydrogen) atoms. The number of cyclic esters (lactones) is 2. The van der Waals surface area contributed by atoms with Crippen molar-refractivity contribution in [2.75, 3.05) is 7.11 Å². The van der Waals surface area contributed by atoms with Crippen LogP contribution in [-0.2, 0) is 19.7 Å². The van der Waals surface area contributed by atoms with E-state index in [1.807, 2.05) is 25.1 Å². The molecule has 1 aromatic rings. The first-order valence-corrected chi connectivity index (χ1v) is 6.31. The maximum atomic E-state index is 11.4. The van der Waals surface area contributed by atoms with Gasteiger partial charge in [0.05, 0.1) is 24.4 Å². The fourth-order valence-electron chi connectivity index (χ4n) is 2.14. The van der Waals surface area contributed by atoms with E-state index in [0.29, 0.717) is 5.75 Å². The van der Waals surface area contributed by atoms with E-state index in [-0.39, 0.29) is 12.8 Å². The van der Waals surface area contributed by atoms with Gasteiger partial charge >= 0.3 is 11.9 Å². The number of benzene rings is 1. The number of carbonyl (C=O) groups excluding carboxylic acids is 2. The van der Waals surface area contributed by atoms with Crippen molar-refractivity contribution in [2.24, 2.45) is 0 Å². The Labute approximate surface area is 113 Å². The summed E-state index contributed by atoms with van der Waals surface area (Å²) in [6, 6.07) is 5.56. The molecule has 0 amide bonds. The van der Waals surface area contributed by atoms with E-state index < -0.39 is 17.4 Å². The van der Waals surface area contributed by atoms with E-state index in [0.717, 1.165) is 10.0 Å². The molecular weight excluding hydrogens is 300 g/mol. The fourth-order valence-corrected chi connectivity index (χ4v) is 2.69. The first-order chi connectivity index (χ1) is 8.44. The van der Waals surface area contributed by atoms with Gasteiger partial charge in [0.15, 0.2) is 0 Å². The van der Waals surface area contributed by atoms with Crippen molar-refractivity contribution in [2.45, 2.75) is 25.2 Å². The Morgan fingerprint density at radius 2 is 1.89 bits per heavy atom. The molecule has 0 radical (unpaired) electrons. The molecule has 1 saturated heterocycles. The van der Waals surface area contributed by atoms with Crippen LogP contribution in [0.3, 0.4) is 0 Å². The predicted octanol–water partition coefficient (Wildman–Crippen LogP) is 2.58. The molecule has 0 aliphatic carbocycles. The summed E-state index contributed by atoms with van der Waals surface area (Å²) in [6.45, 7) is 1.89. The van der Waals surface area contributed by atoms with Crippen LogP contribution in [-0.4, -0.2) is 19.0 Å². The largest absolute Gasteiger partial charge is 0.496 e. The first kappa shape index (κ1) is 13.1. The molecular formula is C13H13BrO4. The third-order valence-electron chi connectivity index (χ3n) is 3.15. The molecule has 0 spiro atoms. The number of halogens is 1. The van der Waals surface area contributed by atoms with Gasteiger partial charge < -0.3 is 9.47 Å². The lowest BCUT2D eigenvalue weighted by atomic mass is 9.75. The van der Waals surface area contributed by atoms with E-state index in [9.17, 15) is 9.59 Å². The zero-order valence-corrected chi connectivity index (χ0v) is 11.7. The Morgan fingerprint density at radius 1 is 1.28 bits per heavy atom. The van der Waals surface area contributed by atoms with Gasteiger partial charge in [-0.05, 0) is 33.6 Å². The van der Waals surface area contributed by atoms with E-state index in [1.165, 1.54) is 0 Å². The van der Waals surface area contributed by atoms with Gasteiger partial charge in [-0.2, -0.15) is 0 Å². The summed E-state index contributed by atoms with van der Waals surface area (Å²) < 4.78 is 10.5. The van der Waals surface area contributed by atoms with Crippen molar-refractivity contribution in [3.05, 3.63) is 28.2 Å². The van der Waals surface area contributed by atoms with Crippen LogP contribution in [0, 0.1) is 0 Å². The third kappa shape index (κ3) is 2.41. The molecule has 5 heteroatoms. The van der Waals surface area contributed by atoms with Crippen molar-refractivity contribution >= 4 is 27.9 Å². The van der Waals surface area contributed by atoms with Crippen LogP contribution in [0.5, 0.6) is 5.75 Å². The minimum absolute atomic E-state index is 0.206. The Hall–Kier alpha value is -1.36. The highest BCUT2D eigenvalue weighted by molar-refractivity contribution is 9.10. The maximum absolute atomic E-state index is 11.4. The second kappa shape index (κ2) is 4.72. The summed E-state index contributed by atoms with van der Waals surface area (Å²) in [6.07, 6.45) is 0.412. The number of hydrogen-bond donors (Lipinski definition) is 0. The third-order valence-corrected chi connectivity index (χ3v) is 3.77. The molecule has 1 aromatic carbocycles. The van der Waals surface area contributed by atoms with Crippen LogP contribution < -0.4 is 4.74 Å². The summed E-state index contributed by atoms with van der Waals surface area (Å²) in [4.78, 5) is 22.8. The Balaban J connectivity index is 2.37. The number of ether oxygens (including phenoxy) is 2. The average Bonchev–Trinajstić information content (AvgIpc) is 2.27. The van der Waals surface area contributed by atoms with Crippen LogP contribution >= 0.6 is 15.9 Å². The maximum Gasteiger partial charge on any atom is 0.314 e. The Bertz CT molecular complexity index is 494. The molecule has 1 aliphatic rings. The van der Waals surface area contributed by atoms with Crippen molar-refractivity contribution in [1.29, 1.82) is 0 Å². The van der Waals surface area contributed by atoms with Crippen molar-refractivity contribution < 1.29 is 19.1 Å². The number of carbonyl (C=O) groups is 2. The zero-order valence-electron chi connectivity index (χ0n) is 10.2. The van der Waals surface area contributed by atoms with Gasteiger partial charge in [-0.3, -0.25) is 9.59 Å². The lowest BCUT2D eigenvalue weighted by Crippen LogP contribution is -2.36. The lowest BCUT2D eigenvalue weighted by Gasteiger charge is -2.31. The summed E-state index contributed by atoms with van der Waals surface area (Å²) >= 11 is 3.40. The second-order valence-corrected chi connectivity index (χ2v) is 5.46. The summed E-state index contributed by atoms with van der Waals surface area (Å²) in [5, 5.41) is 0. The molecule has 0 aromatic heterocycles. The van der Waals surface area contributed by atoms with Gasteiger partial charge in [0, 0.05) is 5.41 Å². The average molecular weight is 313 g/mol.